The second-order valence-corrected chi connectivity index (χ2v) is 1.76. The van der Waals surface area contributed by atoms with Crippen LogP contribution in [0.1, 0.15) is 0 Å². The standard InChI is InChI=1S/C3H8NO2P/c4-2(1-5)3(6)7/h2,5H,1,4,7H2/t2-/m0/s1. The predicted molar refractivity (Wildman–Crippen MR) is 29.8 cm³/mol. The fourth-order valence-electron chi connectivity index (χ4n) is 0.0900. The van der Waals surface area contributed by atoms with Gasteiger partial charge in [0.2, 0.25) is 0 Å². The third-order valence-corrected chi connectivity index (χ3v) is 0.990. The summed E-state index contributed by atoms with van der Waals surface area (Å²) in [4.78, 5) is 10.1. The van der Waals surface area contributed by atoms with E-state index in [0.717, 1.165) is 0 Å². The molecule has 0 aromatic rings. The van der Waals surface area contributed by atoms with E-state index >= 15 is 0 Å². The molecule has 0 aliphatic heterocycles. The van der Waals surface area contributed by atoms with Gasteiger partial charge in [-0.3, -0.25) is 4.79 Å². The molecule has 4 heteroatoms. The summed E-state index contributed by atoms with van der Waals surface area (Å²) in [6, 6.07) is -0.718. The van der Waals surface area contributed by atoms with E-state index in [1.54, 1.807) is 0 Å². The van der Waals surface area contributed by atoms with Crippen LogP contribution in [0.2, 0.25) is 0 Å². The van der Waals surface area contributed by atoms with Gasteiger partial charge in [-0.2, -0.15) is 0 Å². The fraction of sp³-hybridized carbons (Fsp3) is 0.667. The second kappa shape index (κ2) is 3.08. The van der Waals surface area contributed by atoms with Crippen LogP contribution >= 0.6 is 9.24 Å². The summed E-state index contributed by atoms with van der Waals surface area (Å²) in [6.45, 7) is -0.275. The number of hydrogen-bond acceptors (Lipinski definition) is 3. The van der Waals surface area contributed by atoms with Gasteiger partial charge in [-0.25, -0.2) is 0 Å². The van der Waals surface area contributed by atoms with Gasteiger partial charge in [0, 0.05) is 0 Å². The maximum atomic E-state index is 10.1. The maximum absolute atomic E-state index is 10.1. The Bertz CT molecular complexity index is 75.3. The molecule has 0 radical (unpaired) electrons. The zero-order valence-electron chi connectivity index (χ0n) is 3.79. The molecule has 1 unspecified atom stereocenters. The molecule has 0 heterocycles. The van der Waals surface area contributed by atoms with Crippen molar-refractivity contribution >= 4 is 14.8 Å². The van der Waals surface area contributed by atoms with E-state index in [-0.39, 0.29) is 12.1 Å². The summed E-state index contributed by atoms with van der Waals surface area (Å²) in [5.74, 6) is 0. The fourth-order valence-corrected chi connectivity index (χ4v) is 0.195. The predicted octanol–water partition coefficient (Wildman–Crippen LogP) is -1.29. The average molecular weight is 121 g/mol. The highest BCUT2D eigenvalue weighted by atomic mass is 31.0. The van der Waals surface area contributed by atoms with E-state index in [9.17, 15) is 4.79 Å². The van der Waals surface area contributed by atoms with Crippen molar-refractivity contribution in [2.24, 2.45) is 5.73 Å². The zero-order valence-corrected chi connectivity index (χ0v) is 4.95. The van der Waals surface area contributed by atoms with Gasteiger partial charge in [0.15, 0.2) is 5.52 Å². The van der Waals surface area contributed by atoms with Gasteiger partial charge in [-0.1, -0.05) is 9.24 Å². The van der Waals surface area contributed by atoms with Crippen molar-refractivity contribution in [1.29, 1.82) is 0 Å². The van der Waals surface area contributed by atoms with E-state index in [0.29, 0.717) is 0 Å². The van der Waals surface area contributed by atoms with Crippen molar-refractivity contribution in [3.8, 4) is 0 Å². The molecule has 3 N–H and O–H groups in total. The number of carbonyl (C=O) groups excluding carboxylic acids is 1. The van der Waals surface area contributed by atoms with Gasteiger partial charge in [0.25, 0.3) is 0 Å². The molecule has 0 spiro atoms. The van der Waals surface area contributed by atoms with E-state index < -0.39 is 6.04 Å². The zero-order chi connectivity index (χ0) is 5.86. The van der Waals surface area contributed by atoms with Crippen LogP contribution in [0.15, 0.2) is 0 Å². The van der Waals surface area contributed by atoms with Gasteiger partial charge in [-0.15, -0.1) is 0 Å². The molecule has 0 aromatic heterocycles. The normalized spacial score (nSPS) is 13.6. The molecule has 0 saturated carbocycles. The van der Waals surface area contributed by atoms with Crippen LogP contribution in [0.25, 0.3) is 0 Å². The highest BCUT2D eigenvalue weighted by Gasteiger charge is 2.03. The topological polar surface area (TPSA) is 63.3 Å². The van der Waals surface area contributed by atoms with E-state index in [4.69, 9.17) is 10.8 Å². The Morgan fingerprint density at radius 2 is 2.43 bits per heavy atom. The lowest BCUT2D eigenvalue weighted by atomic mass is 10.4. The molecule has 0 saturated heterocycles. The molecule has 0 aromatic carbocycles. The van der Waals surface area contributed by atoms with Gasteiger partial charge in [-0.05, 0) is 0 Å². The minimum atomic E-state index is -0.718. The molecule has 0 rings (SSSR count). The van der Waals surface area contributed by atoms with Gasteiger partial charge in [0.1, 0.15) is 0 Å². The summed E-state index contributed by atoms with van der Waals surface area (Å²) in [7, 11) is 1.89. The number of carbonyl (C=O) groups is 1. The van der Waals surface area contributed by atoms with E-state index in [1.807, 2.05) is 9.24 Å². The van der Waals surface area contributed by atoms with Gasteiger partial charge < -0.3 is 10.8 Å². The third kappa shape index (κ3) is 2.68. The first-order valence-corrected chi connectivity index (χ1v) is 2.42. The van der Waals surface area contributed by atoms with Crippen LogP contribution in [0, 0.1) is 0 Å². The maximum Gasteiger partial charge on any atom is 0.167 e. The first-order chi connectivity index (χ1) is 3.18. The lowest BCUT2D eigenvalue weighted by Crippen LogP contribution is -2.30. The highest BCUT2D eigenvalue weighted by molar-refractivity contribution is 7.40. The molecule has 3 nitrogen and oxygen atoms in total. The summed E-state index contributed by atoms with van der Waals surface area (Å²) in [6.07, 6.45) is 0. The Morgan fingerprint density at radius 1 is 2.00 bits per heavy atom. The molecule has 0 amide bonds. The van der Waals surface area contributed by atoms with Crippen molar-refractivity contribution in [2.45, 2.75) is 6.04 Å². The average Bonchev–Trinajstić information content (AvgIpc) is 1.65. The number of aliphatic hydroxyl groups is 1. The van der Waals surface area contributed by atoms with Crippen LogP contribution < -0.4 is 5.73 Å². The van der Waals surface area contributed by atoms with E-state index in [2.05, 4.69) is 0 Å². The van der Waals surface area contributed by atoms with Gasteiger partial charge >= 0.3 is 0 Å². The quantitative estimate of drug-likeness (QED) is 0.447. The third-order valence-electron chi connectivity index (χ3n) is 0.562. The molecule has 0 aliphatic carbocycles. The monoisotopic (exact) mass is 121 g/mol. The number of aliphatic hydroxyl groups excluding tert-OH is 1. The molecule has 2 atom stereocenters. The lowest BCUT2D eigenvalue weighted by molar-refractivity contribution is -0.112. The number of nitrogens with two attached hydrogens (primary N) is 1. The van der Waals surface area contributed by atoms with Crippen molar-refractivity contribution in [1.82, 2.24) is 0 Å². The summed E-state index contributed by atoms with van der Waals surface area (Å²) in [5, 5.41) is 8.15. The van der Waals surface area contributed by atoms with Crippen LogP contribution in [-0.2, 0) is 4.79 Å². The van der Waals surface area contributed by atoms with Crippen molar-refractivity contribution in [3.05, 3.63) is 0 Å². The smallest absolute Gasteiger partial charge is 0.167 e. The Morgan fingerprint density at radius 3 is 2.43 bits per heavy atom. The molecule has 0 bridgehead atoms. The first kappa shape index (κ1) is 7.02. The van der Waals surface area contributed by atoms with Crippen LogP contribution in [0.4, 0.5) is 0 Å². The second-order valence-electron chi connectivity index (χ2n) is 1.19. The molecule has 0 aliphatic rings. The number of hydrogen-bond donors (Lipinski definition) is 2. The van der Waals surface area contributed by atoms with Gasteiger partial charge in [0.05, 0.1) is 12.6 Å². The molecule has 0 fully saturated rings. The van der Waals surface area contributed by atoms with Crippen LogP contribution in [0.5, 0.6) is 0 Å². The van der Waals surface area contributed by atoms with Crippen LogP contribution in [-0.4, -0.2) is 23.3 Å². The Labute approximate surface area is 44.1 Å². The Balaban J connectivity index is 3.34. The minimum absolute atomic E-state index is 0.262. The Hall–Kier alpha value is 0.0200. The molecule has 42 valence electrons. The lowest BCUT2D eigenvalue weighted by Gasteiger charge is -1.98. The van der Waals surface area contributed by atoms with E-state index in [1.165, 1.54) is 0 Å². The minimum Gasteiger partial charge on any atom is -0.394 e. The molecular formula is C3H8NO2P. The SMILES string of the molecule is N[C@@H](CO)C(=O)P. The summed E-state index contributed by atoms with van der Waals surface area (Å²) >= 11 is 0. The first-order valence-electron chi connectivity index (χ1n) is 1.84. The summed E-state index contributed by atoms with van der Waals surface area (Å²) < 4.78 is 0. The summed E-state index contributed by atoms with van der Waals surface area (Å²) in [5.41, 5.74) is 4.73. The largest absolute Gasteiger partial charge is 0.394 e. The van der Waals surface area contributed by atoms with Crippen LogP contribution in [0.3, 0.4) is 0 Å². The molecule has 7 heavy (non-hydrogen) atoms. The highest BCUT2D eigenvalue weighted by Crippen LogP contribution is 1.87. The van der Waals surface area contributed by atoms with Crippen molar-refractivity contribution in [3.63, 3.8) is 0 Å². The van der Waals surface area contributed by atoms with Crippen molar-refractivity contribution in [2.75, 3.05) is 6.61 Å². The molecular weight excluding hydrogens is 113 g/mol. The number of rotatable bonds is 2. The Kier molecular flexibility index (Phi) is 3.09. The van der Waals surface area contributed by atoms with Crippen molar-refractivity contribution < 1.29 is 9.90 Å².